The van der Waals surface area contributed by atoms with Crippen LogP contribution < -0.4 is 14.8 Å². The normalized spacial score (nSPS) is 19.6. The Morgan fingerprint density at radius 3 is 2.56 bits per heavy atom. The quantitative estimate of drug-likeness (QED) is 0.734. The molecule has 1 N–H and O–H groups in total. The van der Waals surface area contributed by atoms with Crippen LogP contribution in [0.2, 0.25) is 0 Å². The van der Waals surface area contributed by atoms with Crippen LogP contribution in [0, 0.1) is 0 Å². The monoisotopic (exact) mass is 368 g/mol. The molecule has 2 atom stereocenters. The van der Waals surface area contributed by atoms with Crippen molar-refractivity contribution >= 4 is 23.6 Å². The standard InChI is InChI=1S/C17H24N2O5S/c1-11(20)19-13(16(21)18-7-8-22-2)10-25-17(19)12-5-6-14(23-3)15(9-12)24-4/h5-6,9,13,17H,7-8,10H2,1-4H3,(H,18,21)/t13-,17+/m0/s1. The van der Waals surface area contributed by atoms with E-state index in [1.54, 1.807) is 44.1 Å². The van der Waals surface area contributed by atoms with Crippen molar-refractivity contribution in [1.82, 2.24) is 10.2 Å². The fraction of sp³-hybridized carbons (Fsp3) is 0.529. The van der Waals surface area contributed by atoms with Crippen molar-refractivity contribution < 1.29 is 23.8 Å². The van der Waals surface area contributed by atoms with E-state index in [1.165, 1.54) is 6.92 Å². The van der Waals surface area contributed by atoms with Crippen molar-refractivity contribution in [2.75, 3.05) is 40.2 Å². The minimum Gasteiger partial charge on any atom is -0.493 e. The summed E-state index contributed by atoms with van der Waals surface area (Å²) in [6.45, 7) is 2.34. The van der Waals surface area contributed by atoms with Crippen LogP contribution in [0.5, 0.6) is 11.5 Å². The van der Waals surface area contributed by atoms with Crippen molar-refractivity contribution in [1.29, 1.82) is 0 Å². The highest BCUT2D eigenvalue weighted by molar-refractivity contribution is 7.99. The summed E-state index contributed by atoms with van der Waals surface area (Å²) in [7, 11) is 4.72. The van der Waals surface area contributed by atoms with Gasteiger partial charge in [-0.1, -0.05) is 6.07 Å². The van der Waals surface area contributed by atoms with Gasteiger partial charge in [0.25, 0.3) is 0 Å². The maximum absolute atomic E-state index is 12.4. The molecule has 0 aliphatic carbocycles. The average Bonchev–Trinajstić information content (AvgIpc) is 3.06. The molecular weight excluding hydrogens is 344 g/mol. The minimum absolute atomic E-state index is 0.142. The predicted octanol–water partition coefficient (Wildman–Crippen LogP) is 1.43. The molecule has 25 heavy (non-hydrogen) atoms. The first kappa shape index (κ1) is 19.4. The number of thioether (sulfide) groups is 1. The molecule has 1 aliphatic heterocycles. The molecule has 0 radical (unpaired) electrons. The lowest BCUT2D eigenvalue weighted by Gasteiger charge is -2.28. The van der Waals surface area contributed by atoms with Gasteiger partial charge in [-0.2, -0.15) is 0 Å². The molecule has 1 fully saturated rings. The Morgan fingerprint density at radius 2 is 1.96 bits per heavy atom. The van der Waals surface area contributed by atoms with Gasteiger partial charge in [0.15, 0.2) is 11.5 Å². The van der Waals surface area contributed by atoms with E-state index >= 15 is 0 Å². The molecule has 0 spiro atoms. The summed E-state index contributed by atoms with van der Waals surface area (Å²) in [6.07, 6.45) is 0. The number of carbonyl (C=O) groups excluding carboxylic acids is 2. The summed E-state index contributed by atoms with van der Waals surface area (Å²) >= 11 is 1.56. The molecular formula is C17H24N2O5S. The maximum atomic E-state index is 12.4. The predicted molar refractivity (Wildman–Crippen MR) is 95.9 cm³/mol. The highest BCUT2D eigenvalue weighted by Crippen LogP contribution is 2.43. The summed E-state index contributed by atoms with van der Waals surface area (Å²) < 4.78 is 15.5. The molecule has 2 rings (SSSR count). The lowest BCUT2D eigenvalue weighted by Crippen LogP contribution is -2.47. The Bertz CT molecular complexity index is 625. The number of hydrogen-bond donors (Lipinski definition) is 1. The Hall–Kier alpha value is -1.93. The molecule has 1 heterocycles. The number of nitrogens with zero attached hydrogens (tertiary/aromatic N) is 1. The fourth-order valence-corrected chi connectivity index (χ4v) is 4.22. The fourth-order valence-electron chi connectivity index (χ4n) is 2.75. The zero-order valence-corrected chi connectivity index (χ0v) is 15.7. The molecule has 0 saturated carbocycles. The first-order chi connectivity index (χ1) is 12.0. The molecule has 8 heteroatoms. The molecule has 1 aromatic rings. The van der Waals surface area contributed by atoms with Gasteiger partial charge in [-0.25, -0.2) is 0 Å². The molecule has 1 saturated heterocycles. The SMILES string of the molecule is COCCNC(=O)[C@@H]1CS[C@H](c2ccc(OC)c(OC)c2)N1C(C)=O. The van der Waals surface area contributed by atoms with Gasteiger partial charge in [-0.15, -0.1) is 11.8 Å². The van der Waals surface area contributed by atoms with E-state index in [0.717, 1.165) is 5.56 Å². The van der Waals surface area contributed by atoms with E-state index in [2.05, 4.69) is 5.32 Å². The van der Waals surface area contributed by atoms with Crippen LogP contribution >= 0.6 is 11.8 Å². The third-order valence-corrected chi connectivity index (χ3v) is 5.29. The van der Waals surface area contributed by atoms with Crippen molar-refractivity contribution in [3.63, 3.8) is 0 Å². The minimum atomic E-state index is -0.502. The van der Waals surface area contributed by atoms with E-state index in [0.29, 0.717) is 30.4 Å². The maximum Gasteiger partial charge on any atom is 0.243 e. The highest BCUT2D eigenvalue weighted by Gasteiger charge is 2.41. The molecule has 138 valence electrons. The van der Waals surface area contributed by atoms with Crippen LogP contribution in [0.4, 0.5) is 0 Å². The molecule has 7 nitrogen and oxygen atoms in total. The Kier molecular flexibility index (Phi) is 6.95. The van der Waals surface area contributed by atoms with E-state index < -0.39 is 6.04 Å². The second-order valence-corrected chi connectivity index (χ2v) is 6.64. The first-order valence-electron chi connectivity index (χ1n) is 7.92. The second-order valence-electron chi connectivity index (χ2n) is 5.53. The van der Waals surface area contributed by atoms with Gasteiger partial charge in [0.1, 0.15) is 11.4 Å². The van der Waals surface area contributed by atoms with Gasteiger partial charge >= 0.3 is 0 Å². The number of ether oxygens (including phenoxy) is 3. The molecule has 0 unspecified atom stereocenters. The summed E-state index contributed by atoms with van der Waals surface area (Å²) in [5, 5.41) is 2.57. The molecule has 0 aromatic heterocycles. The van der Waals surface area contributed by atoms with E-state index in [4.69, 9.17) is 14.2 Å². The third-order valence-electron chi connectivity index (χ3n) is 3.96. The van der Waals surface area contributed by atoms with Gasteiger partial charge < -0.3 is 24.4 Å². The third kappa shape index (κ3) is 4.38. The number of amides is 2. The lowest BCUT2D eigenvalue weighted by molar-refractivity contribution is -0.138. The summed E-state index contributed by atoms with van der Waals surface area (Å²) in [5.41, 5.74) is 0.894. The van der Waals surface area contributed by atoms with Crippen molar-refractivity contribution in [2.24, 2.45) is 0 Å². The molecule has 0 bridgehead atoms. The summed E-state index contributed by atoms with van der Waals surface area (Å²) in [4.78, 5) is 26.2. The van der Waals surface area contributed by atoms with Gasteiger partial charge in [0.2, 0.25) is 11.8 Å². The van der Waals surface area contributed by atoms with E-state index in [-0.39, 0.29) is 17.2 Å². The zero-order valence-electron chi connectivity index (χ0n) is 14.9. The Morgan fingerprint density at radius 1 is 1.24 bits per heavy atom. The van der Waals surface area contributed by atoms with E-state index in [1.807, 2.05) is 12.1 Å². The van der Waals surface area contributed by atoms with Gasteiger partial charge in [-0.05, 0) is 17.7 Å². The van der Waals surface area contributed by atoms with E-state index in [9.17, 15) is 9.59 Å². The van der Waals surface area contributed by atoms with Crippen LogP contribution in [0.15, 0.2) is 18.2 Å². The van der Waals surface area contributed by atoms with Crippen LogP contribution in [0.3, 0.4) is 0 Å². The first-order valence-corrected chi connectivity index (χ1v) is 8.97. The zero-order chi connectivity index (χ0) is 18.4. The molecule has 1 aliphatic rings. The number of benzene rings is 1. The average molecular weight is 368 g/mol. The summed E-state index contributed by atoms with van der Waals surface area (Å²) in [6, 6.07) is 5.04. The van der Waals surface area contributed by atoms with Crippen molar-refractivity contribution in [3.05, 3.63) is 23.8 Å². The van der Waals surface area contributed by atoms with Crippen LogP contribution in [-0.2, 0) is 14.3 Å². The van der Waals surface area contributed by atoms with Crippen LogP contribution in [0.25, 0.3) is 0 Å². The highest BCUT2D eigenvalue weighted by atomic mass is 32.2. The van der Waals surface area contributed by atoms with Crippen molar-refractivity contribution in [2.45, 2.75) is 18.3 Å². The number of hydrogen-bond acceptors (Lipinski definition) is 6. The number of carbonyl (C=O) groups is 2. The van der Waals surface area contributed by atoms with Crippen molar-refractivity contribution in [3.8, 4) is 11.5 Å². The lowest BCUT2D eigenvalue weighted by atomic mass is 10.1. The van der Waals surface area contributed by atoms with Gasteiger partial charge in [0, 0.05) is 26.3 Å². The van der Waals surface area contributed by atoms with Crippen LogP contribution in [-0.4, -0.2) is 63.0 Å². The molecule has 1 aromatic carbocycles. The van der Waals surface area contributed by atoms with Gasteiger partial charge in [-0.3, -0.25) is 9.59 Å². The number of nitrogens with one attached hydrogen (secondary N) is 1. The molecule has 2 amide bonds. The topological polar surface area (TPSA) is 77.1 Å². The van der Waals surface area contributed by atoms with Gasteiger partial charge in [0.05, 0.1) is 20.8 Å². The smallest absolute Gasteiger partial charge is 0.243 e. The Balaban J connectivity index is 2.21. The van der Waals surface area contributed by atoms with Crippen LogP contribution in [0.1, 0.15) is 17.9 Å². The Labute approximate surface area is 152 Å². The summed E-state index contributed by atoms with van der Waals surface area (Å²) in [5.74, 6) is 1.45. The number of methoxy groups -OCH3 is 3. The second kappa shape index (κ2) is 8.96. The largest absolute Gasteiger partial charge is 0.493 e. The number of rotatable bonds is 7.